The zero-order chi connectivity index (χ0) is 20.0. The molecule has 1 saturated heterocycles. The molecule has 2 aliphatic carbocycles. The molecule has 0 radical (unpaired) electrons. The molecule has 6 heteroatoms. The Kier molecular flexibility index (Phi) is 5.29. The number of hydrogen-bond donors (Lipinski definition) is 0. The summed E-state index contributed by atoms with van der Waals surface area (Å²) in [5.74, 6) is 0.834. The van der Waals surface area contributed by atoms with Crippen LogP contribution in [-0.2, 0) is 23.7 Å². The van der Waals surface area contributed by atoms with Crippen molar-refractivity contribution >= 4 is 28.8 Å². The van der Waals surface area contributed by atoms with Crippen molar-refractivity contribution in [2.45, 2.75) is 39.9 Å². The Morgan fingerprint density at radius 3 is 2.29 bits per heavy atom. The molecule has 0 bridgehead atoms. The van der Waals surface area contributed by atoms with Crippen LogP contribution < -0.4 is 0 Å². The molecule has 150 valence electrons. The van der Waals surface area contributed by atoms with Gasteiger partial charge in [-0.15, -0.1) is 0 Å². The maximum atomic E-state index is 13.5. The Bertz CT molecular complexity index is 829. The number of Topliss-reactive ketones (excluding diaryl/α,β-unsaturated/α-hetero) is 1. The van der Waals surface area contributed by atoms with Crippen LogP contribution in [0.4, 0.5) is 0 Å². The van der Waals surface area contributed by atoms with Crippen LogP contribution in [0, 0.1) is 38.5 Å². The van der Waals surface area contributed by atoms with Gasteiger partial charge in [-0.25, -0.2) is 0 Å². The summed E-state index contributed by atoms with van der Waals surface area (Å²) in [4.78, 5) is 13.5. The minimum absolute atomic E-state index is 0.0199. The molecule has 0 spiro atoms. The van der Waals surface area contributed by atoms with Crippen LogP contribution in [-0.4, -0.2) is 37.6 Å². The molecule has 0 amide bonds. The van der Waals surface area contributed by atoms with Crippen LogP contribution in [0.25, 0.3) is 5.57 Å². The largest absolute Gasteiger partial charge is 0.460 e. The van der Waals surface area contributed by atoms with Gasteiger partial charge in [0.15, 0.2) is 12.1 Å². The van der Waals surface area contributed by atoms with Crippen LogP contribution in [0.5, 0.6) is 0 Å². The van der Waals surface area contributed by atoms with Gasteiger partial charge in [0, 0.05) is 30.0 Å². The zero-order valence-corrected chi connectivity index (χ0v) is 17.6. The summed E-state index contributed by atoms with van der Waals surface area (Å²) < 4.78 is 22.4. The molecule has 3 unspecified atom stereocenters. The van der Waals surface area contributed by atoms with Gasteiger partial charge in [-0.05, 0) is 50.3 Å². The summed E-state index contributed by atoms with van der Waals surface area (Å²) in [5.41, 5.74) is 4.95. The molecule has 1 saturated carbocycles. The van der Waals surface area contributed by atoms with E-state index in [2.05, 4.69) is 19.1 Å². The lowest BCUT2D eigenvalue weighted by Crippen LogP contribution is -2.21. The van der Waals surface area contributed by atoms with Gasteiger partial charge >= 0.3 is 5.24 Å². The van der Waals surface area contributed by atoms with Crippen LogP contribution in [0.2, 0.25) is 0 Å². The molecule has 3 aliphatic rings. The standard InChI is InChI=1S/C22H26O5S/c1-11-7-12(2)17(13(3)8-11)18-19(23)15-9-14(21-25-5-6-26-21)10-16(15)20(18)27-22(28)24-4/h7-8,14-16,21H,5-6,9-10H2,1-4H3. The Labute approximate surface area is 171 Å². The molecule has 2 fully saturated rings. The number of methoxy groups -OCH3 is 1. The quantitative estimate of drug-likeness (QED) is 0.716. The highest BCUT2D eigenvalue weighted by Crippen LogP contribution is 2.53. The molecular formula is C22H26O5S. The Morgan fingerprint density at radius 1 is 1.07 bits per heavy atom. The van der Waals surface area contributed by atoms with E-state index < -0.39 is 0 Å². The Morgan fingerprint density at radius 2 is 1.68 bits per heavy atom. The van der Waals surface area contributed by atoms with Crippen molar-refractivity contribution in [3.05, 3.63) is 40.1 Å². The molecular weight excluding hydrogens is 376 g/mol. The van der Waals surface area contributed by atoms with Gasteiger partial charge < -0.3 is 18.9 Å². The molecule has 0 N–H and O–H groups in total. The molecule has 1 aliphatic heterocycles. The second-order valence-electron chi connectivity index (χ2n) is 7.99. The van der Waals surface area contributed by atoms with Gasteiger partial charge in [-0.3, -0.25) is 4.79 Å². The summed E-state index contributed by atoms with van der Waals surface area (Å²) in [7, 11) is 1.48. The topological polar surface area (TPSA) is 54.0 Å². The first-order chi connectivity index (χ1) is 13.4. The second kappa shape index (κ2) is 7.58. The number of ether oxygens (including phenoxy) is 4. The van der Waals surface area contributed by atoms with Gasteiger partial charge in [-0.2, -0.15) is 0 Å². The maximum absolute atomic E-state index is 13.5. The third-order valence-electron chi connectivity index (χ3n) is 6.08. The number of carbonyl (C=O) groups is 1. The van der Waals surface area contributed by atoms with E-state index in [0.717, 1.165) is 29.5 Å². The lowest BCUT2D eigenvalue weighted by Gasteiger charge is -2.20. The minimum Gasteiger partial charge on any atom is -0.460 e. The smallest absolute Gasteiger partial charge is 0.357 e. The van der Waals surface area contributed by atoms with Crippen molar-refractivity contribution in [2.24, 2.45) is 17.8 Å². The molecule has 1 aromatic rings. The number of benzene rings is 1. The van der Waals surface area contributed by atoms with E-state index in [1.165, 1.54) is 12.7 Å². The Hall–Kier alpha value is -1.76. The van der Waals surface area contributed by atoms with Crippen LogP contribution in [0.15, 0.2) is 17.9 Å². The van der Waals surface area contributed by atoms with Crippen molar-refractivity contribution in [3.63, 3.8) is 0 Å². The molecule has 4 rings (SSSR count). The number of hydrogen-bond acceptors (Lipinski definition) is 6. The summed E-state index contributed by atoms with van der Waals surface area (Å²) >= 11 is 5.18. The van der Waals surface area contributed by atoms with E-state index in [4.69, 9.17) is 31.2 Å². The summed E-state index contributed by atoms with van der Waals surface area (Å²) in [5, 5.41) is 0.0418. The van der Waals surface area contributed by atoms with Crippen molar-refractivity contribution in [2.75, 3.05) is 20.3 Å². The summed E-state index contributed by atoms with van der Waals surface area (Å²) in [6, 6.07) is 4.21. The monoisotopic (exact) mass is 402 g/mol. The van der Waals surface area contributed by atoms with Crippen molar-refractivity contribution in [1.29, 1.82) is 0 Å². The number of rotatable bonds is 3. The SMILES string of the molecule is COC(=S)OC1=C(c2c(C)cc(C)cc2C)C(=O)C2CC(C3OCCO3)CC12. The fourth-order valence-corrected chi connectivity index (χ4v) is 5.19. The average Bonchev–Trinajstić information content (AvgIpc) is 3.35. The second-order valence-corrected chi connectivity index (χ2v) is 8.32. The van der Waals surface area contributed by atoms with Gasteiger partial charge in [0.1, 0.15) is 5.76 Å². The Balaban J connectivity index is 1.76. The van der Waals surface area contributed by atoms with Crippen LogP contribution >= 0.6 is 12.2 Å². The van der Waals surface area contributed by atoms with Gasteiger partial charge in [0.25, 0.3) is 0 Å². The van der Waals surface area contributed by atoms with Crippen molar-refractivity contribution in [3.8, 4) is 0 Å². The van der Waals surface area contributed by atoms with Crippen LogP contribution in [0.1, 0.15) is 35.1 Å². The first-order valence-electron chi connectivity index (χ1n) is 9.76. The summed E-state index contributed by atoms with van der Waals surface area (Å²) in [6.07, 6.45) is 1.31. The van der Waals surface area contributed by atoms with Gasteiger partial charge in [0.05, 0.1) is 25.9 Å². The highest BCUT2D eigenvalue weighted by Gasteiger charge is 2.52. The van der Waals surface area contributed by atoms with E-state index >= 15 is 0 Å². The lowest BCUT2D eigenvalue weighted by atomic mass is 9.89. The number of carbonyl (C=O) groups excluding carboxylic acids is 1. The fourth-order valence-electron chi connectivity index (χ4n) is 5.10. The summed E-state index contributed by atoms with van der Waals surface area (Å²) in [6.45, 7) is 7.37. The number of aryl methyl sites for hydroxylation is 3. The molecule has 1 heterocycles. The maximum Gasteiger partial charge on any atom is 0.357 e. The fraction of sp³-hybridized carbons (Fsp3) is 0.545. The van der Waals surface area contributed by atoms with E-state index in [1.54, 1.807) is 0 Å². The molecule has 0 aromatic heterocycles. The first-order valence-corrected chi connectivity index (χ1v) is 10.2. The number of fused-ring (bicyclic) bond motifs is 1. The molecule has 5 nitrogen and oxygen atoms in total. The predicted molar refractivity (Wildman–Crippen MR) is 109 cm³/mol. The number of allylic oxidation sites excluding steroid dienone is 2. The first kappa shape index (κ1) is 19.6. The third-order valence-corrected chi connectivity index (χ3v) is 6.33. The van der Waals surface area contributed by atoms with Crippen molar-refractivity contribution in [1.82, 2.24) is 0 Å². The van der Waals surface area contributed by atoms with E-state index in [1.807, 2.05) is 13.8 Å². The highest BCUT2D eigenvalue weighted by molar-refractivity contribution is 7.79. The molecule has 3 atom stereocenters. The van der Waals surface area contributed by atoms with E-state index in [9.17, 15) is 4.79 Å². The third kappa shape index (κ3) is 3.27. The normalized spacial score (nSPS) is 27.4. The van der Waals surface area contributed by atoms with Crippen LogP contribution in [0.3, 0.4) is 0 Å². The van der Waals surface area contributed by atoms with Crippen molar-refractivity contribution < 1.29 is 23.7 Å². The van der Waals surface area contributed by atoms with Gasteiger partial charge in [-0.1, -0.05) is 17.7 Å². The molecule has 1 aromatic carbocycles. The molecule has 28 heavy (non-hydrogen) atoms. The number of thiocarbonyl (C=S) groups is 1. The van der Waals surface area contributed by atoms with E-state index in [0.29, 0.717) is 24.5 Å². The van der Waals surface area contributed by atoms with Gasteiger partial charge in [0.2, 0.25) is 0 Å². The zero-order valence-electron chi connectivity index (χ0n) is 16.7. The predicted octanol–water partition coefficient (Wildman–Crippen LogP) is 3.87. The number of ketones is 1. The lowest BCUT2D eigenvalue weighted by molar-refractivity contribution is -0.117. The highest BCUT2D eigenvalue weighted by atomic mass is 32.1. The average molecular weight is 403 g/mol. The van der Waals surface area contributed by atoms with E-state index in [-0.39, 0.29) is 35.1 Å². The minimum atomic E-state index is -0.222.